The van der Waals surface area contributed by atoms with E-state index in [9.17, 15) is 4.79 Å². The van der Waals surface area contributed by atoms with Gasteiger partial charge in [-0.15, -0.1) is 0 Å². The fourth-order valence-corrected chi connectivity index (χ4v) is 1.91. The molecule has 0 aromatic heterocycles. The Labute approximate surface area is 87.2 Å². The summed E-state index contributed by atoms with van der Waals surface area (Å²) in [6, 6.07) is 5.45. The molecule has 1 atom stereocenters. The molecule has 14 heavy (non-hydrogen) atoms. The molecule has 0 saturated carbocycles. The van der Waals surface area contributed by atoms with E-state index in [1.807, 2.05) is 12.1 Å². The van der Waals surface area contributed by atoms with Crippen molar-refractivity contribution in [3.8, 4) is 0 Å². The summed E-state index contributed by atoms with van der Waals surface area (Å²) in [7, 11) is 0. The van der Waals surface area contributed by atoms with Crippen molar-refractivity contribution in [2.45, 2.75) is 12.3 Å². The van der Waals surface area contributed by atoms with Crippen LogP contribution in [-0.2, 0) is 4.79 Å². The van der Waals surface area contributed by atoms with Gasteiger partial charge in [0.25, 0.3) is 0 Å². The van der Waals surface area contributed by atoms with E-state index in [1.54, 1.807) is 6.07 Å². The lowest BCUT2D eigenvalue weighted by Crippen LogP contribution is -2.26. The first-order valence-corrected chi connectivity index (χ1v) is 4.88. The summed E-state index contributed by atoms with van der Waals surface area (Å²) in [6.07, 6.45) is 0.448. The number of nitrogens with one attached hydrogen (secondary N) is 1. The maximum absolute atomic E-state index is 11.3. The van der Waals surface area contributed by atoms with Crippen molar-refractivity contribution in [3.05, 3.63) is 28.8 Å². The fourth-order valence-electron chi connectivity index (χ4n) is 1.73. The number of nitrogens with two attached hydrogens (primary N) is 1. The zero-order valence-corrected chi connectivity index (χ0v) is 8.34. The van der Waals surface area contributed by atoms with Gasteiger partial charge in [-0.05, 0) is 30.3 Å². The molecule has 1 unspecified atom stereocenters. The summed E-state index contributed by atoms with van der Waals surface area (Å²) in [5, 5.41) is 3.48. The molecular weight excluding hydrogens is 200 g/mol. The molecule has 3 N–H and O–H groups in total. The Hall–Kier alpha value is -1.06. The topological polar surface area (TPSA) is 55.1 Å². The lowest BCUT2D eigenvalue weighted by Gasteiger charge is -2.24. The molecule has 0 aliphatic carbocycles. The van der Waals surface area contributed by atoms with Gasteiger partial charge in [0.2, 0.25) is 5.91 Å². The predicted octanol–water partition coefficient (Wildman–Crippen LogP) is 1.72. The van der Waals surface area contributed by atoms with Gasteiger partial charge in [-0.2, -0.15) is 0 Å². The highest BCUT2D eigenvalue weighted by molar-refractivity contribution is 6.30. The van der Waals surface area contributed by atoms with E-state index in [0.29, 0.717) is 18.0 Å². The molecule has 1 aliphatic heterocycles. The van der Waals surface area contributed by atoms with Crippen molar-refractivity contribution in [2.75, 3.05) is 11.9 Å². The van der Waals surface area contributed by atoms with Gasteiger partial charge in [0.1, 0.15) is 0 Å². The third-order valence-corrected chi connectivity index (χ3v) is 2.68. The highest BCUT2D eigenvalue weighted by Gasteiger charge is 2.23. The summed E-state index contributed by atoms with van der Waals surface area (Å²) in [5.74, 6) is 0.118. The third-order valence-electron chi connectivity index (χ3n) is 2.44. The molecule has 3 nitrogen and oxygen atoms in total. The van der Waals surface area contributed by atoms with Crippen LogP contribution in [0.5, 0.6) is 0 Å². The summed E-state index contributed by atoms with van der Waals surface area (Å²) in [6.45, 7) is 0.473. The molecule has 0 radical (unpaired) electrons. The van der Waals surface area contributed by atoms with E-state index in [1.165, 1.54) is 0 Å². The monoisotopic (exact) mass is 210 g/mol. The molecule has 0 bridgehead atoms. The van der Waals surface area contributed by atoms with Gasteiger partial charge >= 0.3 is 0 Å². The minimum Gasteiger partial charge on any atom is -0.330 e. The second kappa shape index (κ2) is 3.59. The molecule has 74 valence electrons. The Morgan fingerprint density at radius 2 is 2.36 bits per heavy atom. The molecule has 4 heteroatoms. The molecule has 1 aromatic carbocycles. The van der Waals surface area contributed by atoms with Gasteiger partial charge in [-0.25, -0.2) is 0 Å². The summed E-state index contributed by atoms with van der Waals surface area (Å²) >= 11 is 5.88. The van der Waals surface area contributed by atoms with Gasteiger partial charge < -0.3 is 11.1 Å². The molecule has 1 aliphatic rings. The minimum atomic E-state index is 0.0234. The smallest absolute Gasteiger partial charge is 0.225 e. The van der Waals surface area contributed by atoms with E-state index in [-0.39, 0.29) is 11.8 Å². The van der Waals surface area contributed by atoms with Gasteiger partial charge in [0.05, 0.1) is 0 Å². The number of hydrogen-bond donors (Lipinski definition) is 2. The number of carbonyl (C=O) groups excluding carboxylic acids is 1. The zero-order chi connectivity index (χ0) is 10.1. The quantitative estimate of drug-likeness (QED) is 0.742. The second-order valence-corrected chi connectivity index (χ2v) is 3.85. The first-order chi connectivity index (χ1) is 6.70. The van der Waals surface area contributed by atoms with E-state index in [0.717, 1.165) is 11.3 Å². The van der Waals surface area contributed by atoms with E-state index < -0.39 is 0 Å². The first kappa shape index (κ1) is 9.49. The summed E-state index contributed by atoms with van der Waals surface area (Å²) < 4.78 is 0. The summed E-state index contributed by atoms with van der Waals surface area (Å²) in [5.41, 5.74) is 7.48. The Kier molecular flexibility index (Phi) is 2.44. The maximum Gasteiger partial charge on any atom is 0.225 e. The average molecular weight is 211 g/mol. The highest BCUT2D eigenvalue weighted by atomic mass is 35.5. The second-order valence-electron chi connectivity index (χ2n) is 3.42. The molecular formula is C10H11ClN2O. The Balaban J connectivity index is 2.46. The number of hydrogen-bond acceptors (Lipinski definition) is 2. The van der Waals surface area contributed by atoms with Crippen molar-refractivity contribution >= 4 is 23.2 Å². The van der Waals surface area contributed by atoms with E-state index >= 15 is 0 Å². The van der Waals surface area contributed by atoms with Crippen molar-refractivity contribution in [1.82, 2.24) is 0 Å². The molecule has 0 spiro atoms. The maximum atomic E-state index is 11.3. The van der Waals surface area contributed by atoms with E-state index in [4.69, 9.17) is 17.3 Å². The van der Waals surface area contributed by atoms with Crippen LogP contribution in [0.2, 0.25) is 5.02 Å². The van der Waals surface area contributed by atoms with Crippen LogP contribution in [-0.4, -0.2) is 12.5 Å². The van der Waals surface area contributed by atoms with E-state index in [2.05, 4.69) is 5.32 Å². The average Bonchev–Trinajstić information content (AvgIpc) is 2.17. The SMILES string of the molecule is NCC1CC(=O)Nc2ccc(Cl)cc21. The molecule has 1 amide bonds. The third kappa shape index (κ3) is 1.61. The number of fused-ring (bicyclic) bond motifs is 1. The lowest BCUT2D eigenvalue weighted by molar-refractivity contribution is -0.116. The number of benzene rings is 1. The van der Waals surface area contributed by atoms with Crippen LogP contribution in [0.25, 0.3) is 0 Å². The Morgan fingerprint density at radius 3 is 3.07 bits per heavy atom. The number of amides is 1. The molecule has 1 heterocycles. The van der Waals surface area contributed by atoms with Crippen LogP contribution in [0.4, 0.5) is 5.69 Å². The standard InChI is InChI=1S/C10H11ClN2O/c11-7-1-2-9-8(4-7)6(5-12)3-10(14)13-9/h1-2,4,6H,3,5,12H2,(H,13,14). The Bertz CT molecular complexity index is 378. The van der Waals surface area contributed by atoms with Crippen LogP contribution >= 0.6 is 11.6 Å². The molecule has 2 rings (SSSR count). The number of rotatable bonds is 1. The highest BCUT2D eigenvalue weighted by Crippen LogP contribution is 2.33. The van der Waals surface area contributed by atoms with Crippen molar-refractivity contribution in [1.29, 1.82) is 0 Å². The van der Waals surface area contributed by atoms with Gasteiger partial charge in [-0.1, -0.05) is 11.6 Å². The minimum absolute atomic E-state index is 0.0234. The van der Waals surface area contributed by atoms with Crippen LogP contribution in [0.3, 0.4) is 0 Å². The van der Waals surface area contributed by atoms with Gasteiger partial charge in [0.15, 0.2) is 0 Å². The van der Waals surface area contributed by atoms with Crippen LogP contribution in [0.1, 0.15) is 17.9 Å². The molecule has 1 aromatic rings. The lowest BCUT2D eigenvalue weighted by atomic mass is 9.91. The zero-order valence-electron chi connectivity index (χ0n) is 7.59. The number of halogens is 1. The summed E-state index contributed by atoms with van der Waals surface area (Å²) in [4.78, 5) is 11.3. The first-order valence-electron chi connectivity index (χ1n) is 4.50. The molecule has 0 fully saturated rings. The van der Waals surface area contributed by atoms with Crippen LogP contribution < -0.4 is 11.1 Å². The van der Waals surface area contributed by atoms with Gasteiger partial charge in [-0.3, -0.25) is 4.79 Å². The van der Waals surface area contributed by atoms with Gasteiger partial charge in [0, 0.05) is 23.0 Å². The predicted molar refractivity (Wildman–Crippen MR) is 56.5 cm³/mol. The fraction of sp³-hybridized carbons (Fsp3) is 0.300. The van der Waals surface area contributed by atoms with Crippen molar-refractivity contribution in [2.24, 2.45) is 5.73 Å². The van der Waals surface area contributed by atoms with Crippen molar-refractivity contribution in [3.63, 3.8) is 0 Å². The molecule has 0 saturated heterocycles. The Morgan fingerprint density at radius 1 is 1.57 bits per heavy atom. The largest absolute Gasteiger partial charge is 0.330 e. The van der Waals surface area contributed by atoms with Crippen LogP contribution in [0.15, 0.2) is 18.2 Å². The van der Waals surface area contributed by atoms with Crippen molar-refractivity contribution < 1.29 is 4.79 Å². The number of carbonyl (C=O) groups is 1. The normalized spacial score (nSPS) is 20.1. The van der Waals surface area contributed by atoms with Crippen LogP contribution in [0, 0.1) is 0 Å². The number of anilines is 1.